The van der Waals surface area contributed by atoms with Gasteiger partial charge in [0.25, 0.3) is 10.0 Å². The second kappa shape index (κ2) is 8.16. The van der Waals surface area contributed by atoms with Gasteiger partial charge in [-0.25, -0.2) is 13.2 Å². The Bertz CT molecular complexity index is 810. The molecule has 0 aromatic heterocycles. The molecule has 0 fully saturated rings. The quantitative estimate of drug-likeness (QED) is 0.751. The summed E-state index contributed by atoms with van der Waals surface area (Å²) in [6.45, 7) is 6.38. The van der Waals surface area contributed by atoms with Crippen LogP contribution in [-0.4, -0.2) is 21.0 Å². The second-order valence-electron chi connectivity index (χ2n) is 6.04. The molecule has 0 bridgehead atoms. The minimum Gasteiger partial charge on any atom is -0.462 e. The van der Waals surface area contributed by atoms with Crippen molar-refractivity contribution < 1.29 is 17.9 Å². The highest BCUT2D eigenvalue weighted by atomic mass is 32.2. The molecule has 0 saturated heterocycles. The summed E-state index contributed by atoms with van der Waals surface area (Å²) in [6.07, 6.45) is 0.749. The smallest absolute Gasteiger partial charge is 0.338 e. The first-order chi connectivity index (χ1) is 11.8. The predicted octanol–water partition coefficient (Wildman–Crippen LogP) is 4.18. The number of benzene rings is 2. The Morgan fingerprint density at radius 3 is 2.16 bits per heavy atom. The van der Waals surface area contributed by atoms with E-state index in [9.17, 15) is 13.2 Å². The van der Waals surface area contributed by atoms with Gasteiger partial charge in [0.1, 0.15) is 0 Å². The Hall–Kier alpha value is -2.34. The molecule has 0 unspecified atom stereocenters. The minimum atomic E-state index is -3.67. The topological polar surface area (TPSA) is 72.5 Å². The molecule has 25 heavy (non-hydrogen) atoms. The molecule has 2 rings (SSSR count). The lowest BCUT2D eigenvalue weighted by Crippen LogP contribution is -2.13. The fourth-order valence-corrected chi connectivity index (χ4v) is 3.26. The Labute approximate surface area is 149 Å². The van der Waals surface area contributed by atoms with Crippen LogP contribution in [0.1, 0.15) is 49.0 Å². The number of hydrogen-bond donors (Lipinski definition) is 1. The fraction of sp³-hybridized carbons (Fsp3) is 0.316. The number of nitrogens with one attached hydrogen (secondary N) is 1. The third-order valence-electron chi connectivity index (χ3n) is 3.67. The largest absolute Gasteiger partial charge is 0.462 e. The summed E-state index contributed by atoms with van der Waals surface area (Å²) in [4.78, 5) is 11.9. The minimum absolute atomic E-state index is 0.198. The van der Waals surface area contributed by atoms with E-state index in [1.54, 1.807) is 24.3 Å². The molecular formula is C19H23NO4S. The number of carbonyl (C=O) groups is 1. The van der Waals surface area contributed by atoms with Crippen molar-refractivity contribution in [3.63, 3.8) is 0 Å². The van der Waals surface area contributed by atoms with E-state index >= 15 is 0 Å². The number of carbonyl (C=O) groups excluding carboxylic acids is 1. The molecular weight excluding hydrogens is 338 g/mol. The van der Waals surface area contributed by atoms with Crippen molar-refractivity contribution in [3.8, 4) is 0 Å². The molecule has 0 radical (unpaired) electrons. The molecule has 2 aromatic carbocycles. The van der Waals surface area contributed by atoms with E-state index in [1.165, 1.54) is 12.1 Å². The predicted molar refractivity (Wildman–Crippen MR) is 98.4 cm³/mol. The third-order valence-corrected chi connectivity index (χ3v) is 5.06. The Morgan fingerprint density at radius 2 is 1.64 bits per heavy atom. The van der Waals surface area contributed by atoms with Crippen molar-refractivity contribution in [2.45, 2.75) is 38.0 Å². The van der Waals surface area contributed by atoms with E-state index in [-0.39, 0.29) is 4.90 Å². The summed E-state index contributed by atoms with van der Waals surface area (Å²) >= 11 is 0. The zero-order valence-corrected chi connectivity index (χ0v) is 15.5. The van der Waals surface area contributed by atoms with E-state index in [0.29, 0.717) is 23.8 Å². The van der Waals surface area contributed by atoms with Crippen LogP contribution in [0.15, 0.2) is 53.4 Å². The first kappa shape index (κ1) is 19.0. The summed E-state index contributed by atoms with van der Waals surface area (Å²) in [7, 11) is -3.67. The maximum absolute atomic E-state index is 12.4. The van der Waals surface area contributed by atoms with Gasteiger partial charge in [-0.3, -0.25) is 4.72 Å². The van der Waals surface area contributed by atoms with Gasteiger partial charge in [-0.1, -0.05) is 32.9 Å². The molecule has 0 aliphatic rings. The molecule has 0 spiro atoms. The summed E-state index contributed by atoms with van der Waals surface area (Å²) in [5, 5.41) is 0. The van der Waals surface area contributed by atoms with E-state index < -0.39 is 16.0 Å². The Kier molecular flexibility index (Phi) is 6.20. The molecule has 2 aromatic rings. The summed E-state index contributed by atoms with van der Waals surface area (Å²) < 4.78 is 32.4. The van der Waals surface area contributed by atoms with Crippen LogP contribution < -0.4 is 4.72 Å². The zero-order chi connectivity index (χ0) is 18.4. The molecule has 0 heterocycles. The summed E-state index contributed by atoms with van der Waals surface area (Å²) in [5.74, 6) is -0.0785. The molecule has 0 amide bonds. The van der Waals surface area contributed by atoms with Crippen LogP contribution in [0.3, 0.4) is 0 Å². The standard InChI is InChI=1S/C19H23NO4S/c1-4-13-24-19(21)16-5-9-17(10-6-16)20-25(22,23)18-11-7-15(8-12-18)14(2)3/h5-12,14,20H,4,13H2,1-3H3. The van der Waals surface area contributed by atoms with Crippen LogP contribution in [-0.2, 0) is 14.8 Å². The monoisotopic (exact) mass is 361 g/mol. The lowest BCUT2D eigenvalue weighted by atomic mass is 10.0. The van der Waals surface area contributed by atoms with Gasteiger partial charge in [0.05, 0.1) is 17.1 Å². The molecule has 6 heteroatoms. The van der Waals surface area contributed by atoms with Crippen molar-refractivity contribution in [3.05, 3.63) is 59.7 Å². The average Bonchev–Trinajstić information content (AvgIpc) is 2.60. The van der Waals surface area contributed by atoms with Gasteiger partial charge >= 0.3 is 5.97 Å². The molecule has 134 valence electrons. The SMILES string of the molecule is CCCOC(=O)c1ccc(NS(=O)(=O)c2ccc(C(C)C)cc2)cc1. The normalized spacial score (nSPS) is 11.4. The number of hydrogen-bond acceptors (Lipinski definition) is 4. The van der Waals surface area contributed by atoms with E-state index in [1.807, 2.05) is 19.1 Å². The van der Waals surface area contributed by atoms with Gasteiger partial charge in [0.2, 0.25) is 0 Å². The Balaban J connectivity index is 2.11. The van der Waals surface area contributed by atoms with Crippen LogP contribution >= 0.6 is 0 Å². The highest BCUT2D eigenvalue weighted by Crippen LogP contribution is 2.20. The van der Waals surface area contributed by atoms with Crippen LogP contribution in [0, 0.1) is 0 Å². The highest BCUT2D eigenvalue weighted by molar-refractivity contribution is 7.92. The van der Waals surface area contributed by atoms with Gasteiger partial charge in [-0.15, -0.1) is 0 Å². The second-order valence-corrected chi connectivity index (χ2v) is 7.72. The summed E-state index contributed by atoms with van der Waals surface area (Å²) in [5.41, 5.74) is 1.85. The first-order valence-electron chi connectivity index (χ1n) is 8.23. The van der Waals surface area contributed by atoms with Crippen molar-refractivity contribution in [2.24, 2.45) is 0 Å². The first-order valence-corrected chi connectivity index (χ1v) is 9.71. The van der Waals surface area contributed by atoms with Crippen LogP contribution in [0.4, 0.5) is 5.69 Å². The van der Waals surface area contributed by atoms with Gasteiger partial charge in [-0.2, -0.15) is 0 Å². The zero-order valence-electron chi connectivity index (χ0n) is 14.7. The number of sulfonamides is 1. The molecule has 1 N–H and O–H groups in total. The number of ether oxygens (including phenoxy) is 1. The van der Waals surface area contributed by atoms with E-state index in [0.717, 1.165) is 12.0 Å². The van der Waals surface area contributed by atoms with E-state index in [2.05, 4.69) is 18.6 Å². The van der Waals surface area contributed by atoms with Crippen molar-refractivity contribution >= 4 is 21.7 Å². The van der Waals surface area contributed by atoms with Gasteiger partial charge < -0.3 is 4.74 Å². The third kappa shape index (κ3) is 5.06. The molecule has 0 atom stereocenters. The van der Waals surface area contributed by atoms with Crippen LogP contribution in [0.25, 0.3) is 0 Å². The average molecular weight is 361 g/mol. The maximum Gasteiger partial charge on any atom is 0.338 e. The van der Waals surface area contributed by atoms with Crippen molar-refractivity contribution in [1.82, 2.24) is 0 Å². The molecule has 5 nitrogen and oxygen atoms in total. The van der Waals surface area contributed by atoms with Crippen molar-refractivity contribution in [1.29, 1.82) is 0 Å². The fourth-order valence-electron chi connectivity index (χ4n) is 2.20. The molecule has 0 aliphatic carbocycles. The lowest BCUT2D eigenvalue weighted by Gasteiger charge is -2.10. The van der Waals surface area contributed by atoms with E-state index in [4.69, 9.17) is 4.74 Å². The van der Waals surface area contributed by atoms with Crippen LogP contribution in [0.2, 0.25) is 0 Å². The van der Waals surface area contributed by atoms with Gasteiger partial charge in [-0.05, 0) is 54.3 Å². The number of rotatable bonds is 7. The molecule has 0 aliphatic heterocycles. The van der Waals surface area contributed by atoms with Crippen LogP contribution in [0.5, 0.6) is 0 Å². The Morgan fingerprint density at radius 1 is 1.04 bits per heavy atom. The number of esters is 1. The van der Waals surface area contributed by atoms with Gasteiger partial charge in [0.15, 0.2) is 0 Å². The molecule has 0 saturated carbocycles. The van der Waals surface area contributed by atoms with Crippen molar-refractivity contribution in [2.75, 3.05) is 11.3 Å². The van der Waals surface area contributed by atoms with Gasteiger partial charge in [0, 0.05) is 5.69 Å². The lowest BCUT2D eigenvalue weighted by molar-refractivity contribution is 0.0505. The number of anilines is 1. The summed E-state index contributed by atoms with van der Waals surface area (Å²) in [6, 6.07) is 13.0. The maximum atomic E-state index is 12.4. The highest BCUT2D eigenvalue weighted by Gasteiger charge is 2.15.